The molecule has 0 aliphatic rings. The summed E-state index contributed by atoms with van der Waals surface area (Å²) in [5.41, 5.74) is 0. The highest BCUT2D eigenvalue weighted by molar-refractivity contribution is 5.76. The average Bonchev–Trinajstić information content (AvgIpc) is 3.04. The molecule has 0 heterocycles. The van der Waals surface area contributed by atoms with Gasteiger partial charge in [-0.15, -0.1) is 0 Å². The second kappa shape index (κ2) is 37.3. The van der Waals surface area contributed by atoms with Crippen molar-refractivity contribution in [2.24, 2.45) is 0 Å². The Kier molecular flexibility index (Phi) is 36.4. The third-order valence-electron chi connectivity index (χ3n) is 9.18. The number of nitrogens with one attached hydrogen (secondary N) is 1. The predicted molar refractivity (Wildman–Crippen MR) is 198 cm³/mol. The van der Waals surface area contributed by atoms with Crippen LogP contribution in [0.25, 0.3) is 0 Å². The first-order valence-corrected chi connectivity index (χ1v) is 20.1. The summed E-state index contributed by atoms with van der Waals surface area (Å²) in [4.78, 5) is 12.3. The fourth-order valence-electron chi connectivity index (χ4n) is 6.05. The molecule has 0 rings (SSSR count). The quantitative estimate of drug-likeness (QED) is 0.0475. The maximum Gasteiger partial charge on any atom is 0.220 e. The molecule has 0 saturated heterocycles. The van der Waals surface area contributed by atoms with Gasteiger partial charge in [-0.1, -0.05) is 186 Å². The molecular weight excluding hydrogens is 554 g/mol. The van der Waals surface area contributed by atoms with Gasteiger partial charge in [0.2, 0.25) is 5.91 Å². The van der Waals surface area contributed by atoms with E-state index in [-0.39, 0.29) is 12.5 Å². The molecule has 0 aliphatic carbocycles. The van der Waals surface area contributed by atoms with Crippen LogP contribution in [-0.2, 0) is 4.79 Å². The maximum atomic E-state index is 12.3. The van der Waals surface area contributed by atoms with Crippen LogP contribution in [0.4, 0.5) is 0 Å². The number of carbonyl (C=O) groups is 1. The van der Waals surface area contributed by atoms with Gasteiger partial charge >= 0.3 is 0 Å². The Labute approximate surface area is 281 Å². The molecule has 3 N–H and O–H groups in total. The summed E-state index contributed by atoms with van der Waals surface area (Å²) in [6, 6.07) is -0.622. The molecule has 266 valence electrons. The average molecular weight is 634 g/mol. The van der Waals surface area contributed by atoms with E-state index in [1.54, 1.807) is 6.08 Å². The van der Waals surface area contributed by atoms with Crippen LogP contribution in [-0.4, -0.2) is 34.9 Å². The summed E-state index contributed by atoms with van der Waals surface area (Å²) < 4.78 is 0. The van der Waals surface area contributed by atoms with Crippen molar-refractivity contribution in [1.82, 2.24) is 5.32 Å². The minimum atomic E-state index is -0.839. The standard InChI is InChI=1S/C41H79NO3/c1-3-5-7-9-11-13-15-17-19-20-21-22-23-24-26-28-30-32-34-36-40(44)39(38-43)42-41(45)37-35-33-31-29-27-25-18-16-14-12-10-8-6-4-2/h16,18,34,36,39-40,43-44H,3-15,17,19-33,35,37-38H2,1-2H3,(H,42,45)/b18-16-,36-34+. The zero-order valence-electron chi connectivity index (χ0n) is 30.4. The van der Waals surface area contributed by atoms with Crippen LogP contribution in [0.3, 0.4) is 0 Å². The van der Waals surface area contributed by atoms with E-state index in [9.17, 15) is 15.0 Å². The minimum absolute atomic E-state index is 0.0727. The van der Waals surface area contributed by atoms with E-state index in [2.05, 4.69) is 31.3 Å². The highest BCUT2D eigenvalue weighted by Crippen LogP contribution is 2.15. The first kappa shape index (κ1) is 43.9. The van der Waals surface area contributed by atoms with Crippen LogP contribution in [0, 0.1) is 0 Å². The molecule has 4 nitrogen and oxygen atoms in total. The van der Waals surface area contributed by atoms with Crippen LogP contribution in [0.15, 0.2) is 24.3 Å². The van der Waals surface area contributed by atoms with Gasteiger partial charge < -0.3 is 15.5 Å². The van der Waals surface area contributed by atoms with Crippen molar-refractivity contribution in [3.63, 3.8) is 0 Å². The number of hydrogen-bond donors (Lipinski definition) is 3. The normalized spacial score (nSPS) is 13.2. The van der Waals surface area contributed by atoms with Gasteiger partial charge in [-0.2, -0.15) is 0 Å². The summed E-state index contributed by atoms with van der Waals surface area (Å²) in [6.45, 7) is 4.30. The third kappa shape index (κ3) is 34.0. The molecular formula is C41H79NO3. The van der Waals surface area contributed by atoms with Crippen molar-refractivity contribution >= 4 is 5.91 Å². The molecule has 0 saturated carbocycles. The van der Waals surface area contributed by atoms with Crippen LogP contribution >= 0.6 is 0 Å². The van der Waals surface area contributed by atoms with E-state index in [0.717, 1.165) is 32.1 Å². The molecule has 2 atom stereocenters. The molecule has 0 radical (unpaired) electrons. The number of allylic oxidation sites excluding steroid dienone is 3. The lowest BCUT2D eigenvalue weighted by molar-refractivity contribution is -0.123. The second-order valence-electron chi connectivity index (χ2n) is 13.7. The Morgan fingerprint density at radius 1 is 0.511 bits per heavy atom. The first-order chi connectivity index (χ1) is 22.2. The smallest absolute Gasteiger partial charge is 0.220 e. The van der Waals surface area contributed by atoms with Crippen LogP contribution in [0.1, 0.15) is 213 Å². The lowest BCUT2D eigenvalue weighted by atomic mass is 10.0. The monoisotopic (exact) mass is 634 g/mol. The van der Waals surface area contributed by atoms with Crippen LogP contribution < -0.4 is 5.32 Å². The Morgan fingerprint density at radius 2 is 0.844 bits per heavy atom. The number of amides is 1. The number of carbonyl (C=O) groups excluding carboxylic acids is 1. The maximum absolute atomic E-state index is 12.3. The van der Waals surface area contributed by atoms with E-state index in [1.807, 2.05) is 6.08 Å². The Bertz CT molecular complexity index is 647. The van der Waals surface area contributed by atoms with Gasteiger partial charge in [0.1, 0.15) is 0 Å². The fourth-order valence-corrected chi connectivity index (χ4v) is 6.05. The number of unbranched alkanes of at least 4 members (excludes halogenated alkanes) is 27. The topological polar surface area (TPSA) is 69.6 Å². The van der Waals surface area contributed by atoms with Crippen molar-refractivity contribution in [3.8, 4) is 0 Å². The summed E-state index contributed by atoms with van der Waals surface area (Å²) in [7, 11) is 0. The lowest BCUT2D eigenvalue weighted by Gasteiger charge is -2.20. The summed E-state index contributed by atoms with van der Waals surface area (Å²) >= 11 is 0. The molecule has 0 fully saturated rings. The van der Waals surface area contributed by atoms with Gasteiger partial charge in [-0.05, 0) is 44.9 Å². The number of aliphatic hydroxyl groups excluding tert-OH is 2. The third-order valence-corrected chi connectivity index (χ3v) is 9.18. The van der Waals surface area contributed by atoms with E-state index in [4.69, 9.17) is 0 Å². The molecule has 0 aromatic heterocycles. The van der Waals surface area contributed by atoms with Gasteiger partial charge in [-0.3, -0.25) is 4.79 Å². The zero-order chi connectivity index (χ0) is 32.9. The summed E-state index contributed by atoms with van der Waals surface area (Å²) in [5, 5.41) is 22.9. The van der Waals surface area contributed by atoms with Crippen molar-refractivity contribution in [2.45, 2.75) is 225 Å². The van der Waals surface area contributed by atoms with Gasteiger partial charge in [0.05, 0.1) is 18.8 Å². The molecule has 0 spiro atoms. The molecule has 0 aromatic rings. The van der Waals surface area contributed by atoms with Crippen molar-refractivity contribution in [3.05, 3.63) is 24.3 Å². The second-order valence-corrected chi connectivity index (χ2v) is 13.7. The SMILES string of the molecule is CCCCCCC/C=C\CCCCCCCC(=O)NC(CO)C(O)/C=C/CCCCCCCCCCCCCCCCCCC. The summed E-state index contributed by atoms with van der Waals surface area (Å²) in [6.07, 6.45) is 47.0. The van der Waals surface area contributed by atoms with E-state index in [1.165, 1.54) is 161 Å². The number of rotatable bonds is 36. The molecule has 4 heteroatoms. The van der Waals surface area contributed by atoms with Crippen LogP contribution in [0.5, 0.6) is 0 Å². The first-order valence-electron chi connectivity index (χ1n) is 20.1. The van der Waals surface area contributed by atoms with E-state index in [0.29, 0.717) is 6.42 Å². The van der Waals surface area contributed by atoms with Gasteiger partial charge in [0.25, 0.3) is 0 Å². The van der Waals surface area contributed by atoms with Gasteiger partial charge in [-0.25, -0.2) is 0 Å². The molecule has 1 amide bonds. The lowest BCUT2D eigenvalue weighted by Crippen LogP contribution is -2.45. The molecule has 45 heavy (non-hydrogen) atoms. The Morgan fingerprint density at radius 3 is 1.22 bits per heavy atom. The fraction of sp³-hybridized carbons (Fsp3) is 0.878. The number of hydrogen-bond acceptors (Lipinski definition) is 3. The highest BCUT2D eigenvalue weighted by Gasteiger charge is 2.17. The molecule has 0 aliphatic heterocycles. The molecule has 0 aromatic carbocycles. The van der Waals surface area contributed by atoms with Crippen molar-refractivity contribution in [1.29, 1.82) is 0 Å². The minimum Gasteiger partial charge on any atom is -0.394 e. The molecule has 0 bridgehead atoms. The molecule has 2 unspecified atom stereocenters. The highest BCUT2D eigenvalue weighted by atomic mass is 16.3. The summed E-state index contributed by atoms with van der Waals surface area (Å²) in [5.74, 6) is -0.0727. The van der Waals surface area contributed by atoms with Crippen molar-refractivity contribution in [2.75, 3.05) is 6.61 Å². The Balaban J connectivity index is 3.59. The number of aliphatic hydroxyl groups is 2. The largest absolute Gasteiger partial charge is 0.394 e. The predicted octanol–water partition coefficient (Wildman–Crippen LogP) is 12.1. The van der Waals surface area contributed by atoms with E-state index < -0.39 is 12.1 Å². The van der Waals surface area contributed by atoms with Crippen molar-refractivity contribution < 1.29 is 15.0 Å². The van der Waals surface area contributed by atoms with Crippen LogP contribution in [0.2, 0.25) is 0 Å². The van der Waals surface area contributed by atoms with E-state index >= 15 is 0 Å². The van der Waals surface area contributed by atoms with Gasteiger partial charge in [0, 0.05) is 6.42 Å². The van der Waals surface area contributed by atoms with Gasteiger partial charge in [0.15, 0.2) is 0 Å². The Hall–Kier alpha value is -1.13. The zero-order valence-corrected chi connectivity index (χ0v) is 30.4.